The van der Waals surface area contributed by atoms with Crippen molar-refractivity contribution in [3.8, 4) is 0 Å². The molecule has 19 heavy (non-hydrogen) atoms. The Morgan fingerprint density at radius 3 is 2.37 bits per heavy atom. The lowest BCUT2D eigenvalue weighted by Crippen LogP contribution is -2.20. The van der Waals surface area contributed by atoms with E-state index in [1.165, 1.54) is 36.4 Å². The van der Waals surface area contributed by atoms with Crippen LogP contribution in [0.4, 0.5) is 25.0 Å². The number of nitrogens with one attached hydrogen (secondary N) is 2. The fourth-order valence-electron chi connectivity index (χ4n) is 1.41. The van der Waals surface area contributed by atoms with Crippen LogP contribution in [0.1, 0.15) is 0 Å². The molecule has 0 aliphatic rings. The molecule has 0 saturated carbocycles. The van der Waals surface area contributed by atoms with Gasteiger partial charge in [-0.15, -0.1) is 0 Å². The van der Waals surface area contributed by atoms with Crippen LogP contribution in [0, 0.1) is 11.6 Å². The predicted molar refractivity (Wildman–Crippen MR) is 70.5 cm³/mol. The van der Waals surface area contributed by atoms with Gasteiger partial charge in [-0.1, -0.05) is 11.6 Å². The Labute approximate surface area is 113 Å². The van der Waals surface area contributed by atoms with Gasteiger partial charge in [0.1, 0.15) is 11.6 Å². The van der Waals surface area contributed by atoms with Crippen LogP contribution in [0.15, 0.2) is 42.5 Å². The topological polar surface area (TPSA) is 41.1 Å². The standard InChI is InChI=1S/C13H9ClF2N2O/c14-8-1-6-11(16)12(7-8)18-13(19)17-10-4-2-9(15)3-5-10/h1-7H,(H2,17,18,19). The smallest absolute Gasteiger partial charge is 0.308 e. The number of urea groups is 1. The molecule has 2 rings (SSSR count). The Kier molecular flexibility index (Phi) is 3.97. The third-order valence-electron chi connectivity index (χ3n) is 2.28. The van der Waals surface area contributed by atoms with E-state index in [-0.39, 0.29) is 5.69 Å². The zero-order valence-electron chi connectivity index (χ0n) is 9.58. The van der Waals surface area contributed by atoms with Gasteiger partial charge in [0.25, 0.3) is 0 Å². The molecule has 0 atom stereocenters. The van der Waals surface area contributed by atoms with Crippen molar-refractivity contribution in [1.29, 1.82) is 0 Å². The van der Waals surface area contributed by atoms with Gasteiger partial charge in [-0.3, -0.25) is 0 Å². The summed E-state index contributed by atoms with van der Waals surface area (Å²) in [5.41, 5.74) is 0.355. The molecule has 0 heterocycles. The minimum atomic E-state index is -0.646. The van der Waals surface area contributed by atoms with Crippen LogP contribution in [0.25, 0.3) is 0 Å². The second-order valence-electron chi connectivity index (χ2n) is 3.71. The van der Waals surface area contributed by atoms with Crippen molar-refractivity contribution in [2.24, 2.45) is 0 Å². The zero-order valence-corrected chi connectivity index (χ0v) is 10.3. The summed E-state index contributed by atoms with van der Waals surface area (Å²) in [5.74, 6) is -1.01. The van der Waals surface area contributed by atoms with E-state index in [2.05, 4.69) is 10.6 Å². The molecular formula is C13H9ClF2N2O. The van der Waals surface area contributed by atoms with E-state index in [9.17, 15) is 13.6 Å². The molecule has 0 spiro atoms. The maximum atomic E-state index is 13.4. The summed E-state index contributed by atoms with van der Waals surface area (Å²) < 4.78 is 26.0. The van der Waals surface area contributed by atoms with Crippen LogP contribution in [0.3, 0.4) is 0 Å². The van der Waals surface area contributed by atoms with E-state index in [0.29, 0.717) is 10.7 Å². The van der Waals surface area contributed by atoms with Crippen LogP contribution < -0.4 is 10.6 Å². The van der Waals surface area contributed by atoms with E-state index in [4.69, 9.17) is 11.6 Å². The summed E-state index contributed by atoms with van der Waals surface area (Å²) in [4.78, 5) is 11.6. The van der Waals surface area contributed by atoms with Crippen LogP contribution in [0.2, 0.25) is 5.02 Å². The van der Waals surface area contributed by atoms with Gasteiger partial charge in [0, 0.05) is 10.7 Å². The average molecular weight is 283 g/mol. The number of carbonyl (C=O) groups excluding carboxylic acids is 1. The summed E-state index contributed by atoms with van der Waals surface area (Å²) >= 11 is 5.70. The number of anilines is 2. The van der Waals surface area contributed by atoms with Crippen molar-refractivity contribution < 1.29 is 13.6 Å². The van der Waals surface area contributed by atoms with E-state index in [1.807, 2.05) is 0 Å². The Morgan fingerprint density at radius 2 is 1.68 bits per heavy atom. The molecule has 6 heteroatoms. The third kappa shape index (κ3) is 3.66. The van der Waals surface area contributed by atoms with Crippen molar-refractivity contribution in [2.75, 3.05) is 10.6 Å². The van der Waals surface area contributed by atoms with Crippen molar-refractivity contribution in [1.82, 2.24) is 0 Å². The number of amides is 2. The van der Waals surface area contributed by atoms with Gasteiger partial charge in [-0.05, 0) is 42.5 Å². The van der Waals surface area contributed by atoms with E-state index < -0.39 is 17.7 Å². The highest BCUT2D eigenvalue weighted by atomic mass is 35.5. The first-order valence-electron chi connectivity index (χ1n) is 5.33. The molecule has 0 aromatic heterocycles. The van der Waals surface area contributed by atoms with Crippen molar-refractivity contribution in [3.05, 3.63) is 59.1 Å². The third-order valence-corrected chi connectivity index (χ3v) is 2.51. The first-order valence-corrected chi connectivity index (χ1v) is 5.71. The minimum Gasteiger partial charge on any atom is -0.308 e. The Morgan fingerprint density at radius 1 is 1.00 bits per heavy atom. The number of halogens is 3. The molecule has 3 nitrogen and oxygen atoms in total. The molecule has 2 amide bonds. The van der Waals surface area contributed by atoms with Gasteiger partial charge in [-0.25, -0.2) is 13.6 Å². The highest BCUT2D eigenvalue weighted by molar-refractivity contribution is 6.30. The zero-order chi connectivity index (χ0) is 13.8. The van der Waals surface area contributed by atoms with Gasteiger partial charge < -0.3 is 10.6 Å². The Balaban J connectivity index is 2.05. The van der Waals surface area contributed by atoms with E-state index in [0.717, 1.165) is 6.07 Å². The van der Waals surface area contributed by atoms with Gasteiger partial charge >= 0.3 is 6.03 Å². The summed E-state index contributed by atoms with van der Waals surface area (Å²) in [6, 6.07) is 8.36. The van der Waals surface area contributed by atoms with Crippen molar-refractivity contribution >= 4 is 29.0 Å². The first kappa shape index (κ1) is 13.3. The van der Waals surface area contributed by atoms with Crippen LogP contribution in [-0.4, -0.2) is 6.03 Å². The van der Waals surface area contributed by atoms with E-state index in [1.54, 1.807) is 0 Å². The second-order valence-corrected chi connectivity index (χ2v) is 4.15. The molecule has 2 N–H and O–H groups in total. The lowest BCUT2D eigenvalue weighted by atomic mass is 10.3. The number of benzene rings is 2. The quantitative estimate of drug-likeness (QED) is 0.849. The molecule has 0 aliphatic heterocycles. The molecule has 0 aliphatic carbocycles. The number of carbonyl (C=O) groups is 1. The molecular weight excluding hydrogens is 274 g/mol. The molecule has 0 bridgehead atoms. The highest BCUT2D eigenvalue weighted by Crippen LogP contribution is 2.19. The maximum absolute atomic E-state index is 13.4. The second kappa shape index (κ2) is 5.67. The summed E-state index contributed by atoms with van der Waals surface area (Å²) in [6.45, 7) is 0. The minimum absolute atomic E-state index is 0.0351. The first-order chi connectivity index (χ1) is 9.04. The SMILES string of the molecule is O=C(Nc1ccc(F)cc1)Nc1cc(Cl)ccc1F. The van der Waals surface area contributed by atoms with Crippen molar-refractivity contribution in [3.63, 3.8) is 0 Å². The Bertz CT molecular complexity index is 602. The van der Waals surface area contributed by atoms with Crippen molar-refractivity contribution in [2.45, 2.75) is 0 Å². The van der Waals surface area contributed by atoms with Gasteiger partial charge in [0.05, 0.1) is 5.69 Å². The molecule has 0 saturated heterocycles. The lowest BCUT2D eigenvalue weighted by Gasteiger charge is -2.08. The average Bonchev–Trinajstić information content (AvgIpc) is 2.37. The van der Waals surface area contributed by atoms with Gasteiger partial charge in [0.2, 0.25) is 0 Å². The fourth-order valence-corrected chi connectivity index (χ4v) is 1.58. The normalized spacial score (nSPS) is 10.1. The molecule has 2 aromatic rings. The number of hydrogen-bond donors (Lipinski definition) is 2. The van der Waals surface area contributed by atoms with E-state index >= 15 is 0 Å². The molecule has 0 fully saturated rings. The van der Waals surface area contributed by atoms with Crippen LogP contribution in [-0.2, 0) is 0 Å². The predicted octanol–water partition coefficient (Wildman–Crippen LogP) is 4.26. The maximum Gasteiger partial charge on any atom is 0.323 e. The summed E-state index contributed by atoms with van der Waals surface area (Å²) in [5, 5.41) is 5.05. The Hall–Kier alpha value is -2.14. The monoisotopic (exact) mass is 282 g/mol. The summed E-state index contributed by atoms with van der Waals surface area (Å²) in [6.07, 6.45) is 0. The van der Waals surface area contributed by atoms with Gasteiger partial charge in [0.15, 0.2) is 0 Å². The summed E-state index contributed by atoms with van der Waals surface area (Å²) in [7, 11) is 0. The van der Waals surface area contributed by atoms with Gasteiger partial charge in [-0.2, -0.15) is 0 Å². The molecule has 0 unspecified atom stereocenters. The highest BCUT2D eigenvalue weighted by Gasteiger charge is 2.07. The largest absolute Gasteiger partial charge is 0.323 e. The molecule has 0 radical (unpaired) electrons. The molecule has 2 aromatic carbocycles. The number of hydrogen-bond acceptors (Lipinski definition) is 1. The molecule has 98 valence electrons. The van der Waals surface area contributed by atoms with Crippen LogP contribution in [0.5, 0.6) is 0 Å². The fraction of sp³-hybridized carbons (Fsp3) is 0. The number of rotatable bonds is 2. The lowest BCUT2D eigenvalue weighted by molar-refractivity contribution is 0.262. The van der Waals surface area contributed by atoms with Crippen LogP contribution >= 0.6 is 11.6 Å².